The van der Waals surface area contributed by atoms with Crippen LogP contribution in [-0.2, 0) is 17.7 Å². The Hall–Kier alpha value is -2.52. The summed E-state index contributed by atoms with van der Waals surface area (Å²) in [6.45, 7) is 4.87. The maximum absolute atomic E-state index is 12.8. The van der Waals surface area contributed by atoms with E-state index in [0.29, 0.717) is 42.2 Å². The summed E-state index contributed by atoms with van der Waals surface area (Å²) in [4.78, 5) is 40.3. The van der Waals surface area contributed by atoms with Gasteiger partial charge in [-0.3, -0.25) is 9.59 Å². The summed E-state index contributed by atoms with van der Waals surface area (Å²) in [5, 5.41) is 3.26. The Morgan fingerprint density at radius 2 is 2.10 bits per heavy atom. The molecule has 0 fully saturated rings. The Morgan fingerprint density at radius 3 is 2.79 bits per heavy atom. The van der Waals surface area contributed by atoms with Crippen LogP contribution in [0.5, 0.6) is 0 Å². The molecule has 3 rings (SSSR count). The van der Waals surface area contributed by atoms with Crippen molar-refractivity contribution in [2.45, 2.75) is 31.7 Å². The number of thioether (sulfide) groups is 1. The Balaban J connectivity index is 1.85. The van der Waals surface area contributed by atoms with Crippen molar-refractivity contribution in [2.24, 2.45) is 5.73 Å². The van der Waals surface area contributed by atoms with Crippen molar-refractivity contribution in [3.05, 3.63) is 45.8 Å². The van der Waals surface area contributed by atoms with Gasteiger partial charge in [-0.25, -0.2) is 4.79 Å². The van der Waals surface area contributed by atoms with Gasteiger partial charge in [-0.05, 0) is 42.9 Å². The molecule has 0 aliphatic carbocycles. The van der Waals surface area contributed by atoms with Crippen LogP contribution in [-0.4, -0.2) is 41.7 Å². The first kappa shape index (κ1) is 21.2. The number of benzene rings is 1. The Labute approximate surface area is 177 Å². The molecule has 1 aliphatic heterocycles. The summed E-state index contributed by atoms with van der Waals surface area (Å²) in [6, 6.07) is 7.34. The van der Waals surface area contributed by atoms with Crippen LogP contribution in [0, 0.1) is 0 Å². The molecule has 0 unspecified atom stereocenters. The number of nitrogens with two attached hydrogens (primary N) is 1. The molecular weight excluding hydrogens is 410 g/mol. The summed E-state index contributed by atoms with van der Waals surface area (Å²) in [7, 11) is 0. The van der Waals surface area contributed by atoms with Crippen molar-refractivity contribution in [1.29, 1.82) is 0 Å². The predicted molar refractivity (Wildman–Crippen MR) is 115 cm³/mol. The standard InChI is InChI=1S/C20H23N3O4S2/c1-3-27-20(26)23-9-8-14-15(11-23)29-19(16(14)17(21)24)22-18(25)12-6-5-7-13(10-12)28-4-2/h5-7,10H,3-4,8-9,11H2,1-2H3,(H2,21,24)(H,22,25). The third-order valence-corrected chi connectivity index (χ3v) is 6.47. The van der Waals surface area contributed by atoms with Crippen LogP contribution in [0.1, 0.15) is 45.0 Å². The first-order valence-electron chi connectivity index (χ1n) is 9.34. The highest BCUT2D eigenvalue weighted by Crippen LogP contribution is 2.37. The van der Waals surface area contributed by atoms with Crippen LogP contribution in [0.3, 0.4) is 0 Å². The molecule has 9 heteroatoms. The fourth-order valence-corrected chi connectivity index (χ4v) is 5.17. The van der Waals surface area contributed by atoms with Gasteiger partial charge in [-0.1, -0.05) is 13.0 Å². The second-order valence-electron chi connectivity index (χ2n) is 6.36. The fraction of sp³-hybridized carbons (Fsp3) is 0.350. The SMILES string of the molecule is CCOC(=O)N1CCc2c(sc(NC(=O)c3cccc(SCC)c3)c2C(N)=O)C1. The van der Waals surface area contributed by atoms with Gasteiger partial charge in [0.05, 0.1) is 18.7 Å². The number of amides is 3. The van der Waals surface area contributed by atoms with E-state index in [2.05, 4.69) is 5.32 Å². The number of hydrogen-bond acceptors (Lipinski definition) is 6. The quantitative estimate of drug-likeness (QED) is 0.676. The fourth-order valence-electron chi connectivity index (χ4n) is 3.19. The predicted octanol–water partition coefficient (Wildman–Crippen LogP) is 3.73. The molecule has 2 aromatic rings. The summed E-state index contributed by atoms with van der Waals surface area (Å²) >= 11 is 2.93. The third-order valence-electron chi connectivity index (χ3n) is 4.46. The number of anilines is 1. The normalized spacial score (nSPS) is 13.0. The number of ether oxygens (including phenoxy) is 1. The number of primary amides is 1. The lowest BCUT2D eigenvalue weighted by Gasteiger charge is -2.26. The molecule has 0 spiro atoms. The molecule has 2 heterocycles. The molecule has 29 heavy (non-hydrogen) atoms. The molecular formula is C20H23N3O4S2. The highest BCUT2D eigenvalue weighted by Gasteiger charge is 2.30. The lowest BCUT2D eigenvalue weighted by Crippen LogP contribution is -2.36. The van der Waals surface area contributed by atoms with Crippen molar-refractivity contribution >= 4 is 46.0 Å². The number of rotatable bonds is 6. The monoisotopic (exact) mass is 433 g/mol. The molecule has 1 aliphatic rings. The van der Waals surface area contributed by atoms with E-state index in [1.165, 1.54) is 11.3 Å². The molecule has 0 radical (unpaired) electrons. The van der Waals surface area contributed by atoms with Gasteiger partial charge in [-0.15, -0.1) is 23.1 Å². The van der Waals surface area contributed by atoms with Crippen molar-refractivity contribution in [3.8, 4) is 0 Å². The number of nitrogens with one attached hydrogen (secondary N) is 1. The topological polar surface area (TPSA) is 102 Å². The van der Waals surface area contributed by atoms with Crippen LogP contribution < -0.4 is 11.1 Å². The number of carbonyl (C=O) groups excluding carboxylic acids is 3. The van der Waals surface area contributed by atoms with E-state index in [1.807, 2.05) is 25.1 Å². The average molecular weight is 434 g/mol. The molecule has 0 atom stereocenters. The van der Waals surface area contributed by atoms with Crippen LogP contribution in [0.25, 0.3) is 0 Å². The van der Waals surface area contributed by atoms with Crippen molar-refractivity contribution in [3.63, 3.8) is 0 Å². The van der Waals surface area contributed by atoms with Gasteiger partial charge in [0.2, 0.25) is 0 Å². The molecule has 1 aromatic carbocycles. The average Bonchev–Trinajstić information content (AvgIpc) is 3.05. The van der Waals surface area contributed by atoms with Gasteiger partial charge in [-0.2, -0.15) is 0 Å². The van der Waals surface area contributed by atoms with E-state index in [-0.39, 0.29) is 12.0 Å². The minimum absolute atomic E-state index is 0.299. The first-order chi connectivity index (χ1) is 13.9. The number of fused-ring (bicyclic) bond motifs is 1. The molecule has 3 N–H and O–H groups in total. The molecule has 154 valence electrons. The first-order valence-corrected chi connectivity index (χ1v) is 11.1. The van der Waals surface area contributed by atoms with E-state index in [4.69, 9.17) is 10.5 Å². The number of thiophene rings is 1. The summed E-state index contributed by atoms with van der Waals surface area (Å²) in [5.74, 6) is 0.0236. The van der Waals surface area contributed by atoms with Crippen molar-refractivity contribution in [1.82, 2.24) is 4.90 Å². The molecule has 0 bridgehead atoms. The molecule has 0 saturated carbocycles. The zero-order valence-electron chi connectivity index (χ0n) is 16.3. The van der Waals surface area contributed by atoms with Gasteiger partial charge < -0.3 is 20.7 Å². The van der Waals surface area contributed by atoms with E-state index in [0.717, 1.165) is 21.1 Å². The van der Waals surface area contributed by atoms with Crippen LogP contribution in [0.4, 0.5) is 9.80 Å². The maximum atomic E-state index is 12.8. The van der Waals surface area contributed by atoms with E-state index in [9.17, 15) is 14.4 Å². The zero-order chi connectivity index (χ0) is 21.0. The van der Waals surface area contributed by atoms with Crippen LogP contribution >= 0.6 is 23.1 Å². The summed E-state index contributed by atoms with van der Waals surface area (Å²) < 4.78 is 5.06. The van der Waals surface area contributed by atoms with Gasteiger partial charge in [0, 0.05) is 21.9 Å². The van der Waals surface area contributed by atoms with E-state index in [1.54, 1.807) is 29.7 Å². The lowest BCUT2D eigenvalue weighted by molar-refractivity contribution is 0.0997. The number of nitrogens with zero attached hydrogens (tertiary/aromatic N) is 1. The van der Waals surface area contributed by atoms with E-state index >= 15 is 0 Å². The van der Waals surface area contributed by atoms with Crippen LogP contribution in [0.2, 0.25) is 0 Å². The van der Waals surface area contributed by atoms with Crippen LogP contribution in [0.15, 0.2) is 29.2 Å². The number of hydrogen-bond donors (Lipinski definition) is 2. The summed E-state index contributed by atoms with van der Waals surface area (Å²) in [6.07, 6.45) is 0.101. The lowest BCUT2D eigenvalue weighted by atomic mass is 10.0. The van der Waals surface area contributed by atoms with E-state index < -0.39 is 5.91 Å². The second-order valence-corrected chi connectivity index (χ2v) is 8.80. The van der Waals surface area contributed by atoms with Gasteiger partial charge in [0.15, 0.2) is 0 Å². The highest BCUT2D eigenvalue weighted by molar-refractivity contribution is 7.99. The maximum Gasteiger partial charge on any atom is 0.410 e. The second kappa shape index (κ2) is 9.32. The largest absolute Gasteiger partial charge is 0.450 e. The molecule has 1 aromatic heterocycles. The highest BCUT2D eigenvalue weighted by atomic mass is 32.2. The Morgan fingerprint density at radius 1 is 1.31 bits per heavy atom. The van der Waals surface area contributed by atoms with Gasteiger partial charge in [0.25, 0.3) is 11.8 Å². The van der Waals surface area contributed by atoms with Crippen molar-refractivity contribution < 1.29 is 19.1 Å². The van der Waals surface area contributed by atoms with Crippen molar-refractivity contribution in [2.75, 3.05) is 24.2 Å². The number of carbonyl (C=O) groups is 3. The smallest absolute Gasteiger partial charge is 0.410 e. The molecule has 3 amide bonds. The molecule has 7 nitrogen and oxygen atoms in total. The minimum Gasteiger partial charge on any atom is -0.450 e. The van der Waals surface area contributed by atoms with Gasteiger partial charge in [0.1, 0.15) is 5.00 Å². The summed E-state index contributed by atoms with van der Waals surface area (Å²) in [5.41, 5.74) is 7.26. The Kier molecular flexibility index (Phi) is 6.81. The zero-order valence-corrected chi connectivity index (χ0v) is 18.0. The molecule has 0 saturated heterocycles. The van der Waals surface area contributed by atoms with Gasteiger partial charge >= 0.3 is 6.09 Å². The minimum atomic E-state index is -0.585. The third kappa shape index (κ3) is 4.73. The Bertz CT molecular complexity index is 942.